The summed E-state index contributed by atoms with van der Waals surface area (Å²) in [6.45, 7) is 0. The molecular formula is C15H13N4OP. The molecule has 104 valence electrons. The second-order valence-electron chi connectivity index (χ2n) is 4.51. The fraction of sp³-hybridized carbons (Fsp3) is 0.133. The smallest absolute Gasteiger partial charge is 0.194 e. The summed E-state index contributed by atoms with van der Waals surface area (Å²) < 4.78 is 0. The molecule has 0 bridgehead atoms. The molecule has 5 nitrogen and oxygen atoms in total. The van der Waals surface area contributed by atoms with Crippen LogP contribution in [0.3, 0.4) is 0 Å². The van der Waals surface area contributed by atoms with Gasteiger partial charge < -0.3 is 0 Å². The summed E-state index contributed by atoms with van der Waals surface area (Å²) in [7, 11) is 4.08. The molecule has 1 aliphatic carbocycles. The van der Waals surface area contributed by atoms with E-state index in [-0.39, 0.29) is 5.78 Å². The number of nitrogens with zero attached hydrogens (tertiary/aromatic N) is 4. The first-order chi connectivity index (χ1) is 10.2. The maximum Gasteiger partial charge on any atom is 0.194 e. The van der Waals surface area contributed by atoms with E-state index in [0.717, 1.165) is 11.1 Å². The lowest BCUT2D eigenvalue weighted by Gasteiger charge is -2.00. The van der Waals surface area contributed by atoms with Crippen molar-refractivity contribution in [3.05, 3.63) is 47.5 Å². The molecule has 3 rings (SSSR count). The molecule has 6 heteroatoms. The van der Waals surface area contributed by atoms with Crippen molar-refractivity contribution in [3.63, 3.8) is 0 Å². The molecule has 0 saturated heterocycles. The number of ketones is 1. The van der Waals surface area contributed by atoms with E-state index < -0.39 is 0 Å². The molecule has 0 spiro atoms. The van der Waals surface area contributed by atoms with Gasteiger partial charge in [0.2, 0.25) is 0 Å². The van der Waals surface area contributed by atoms with Crippen molar-refractivity contribution >= 4 is 26.4 Å². The van der Waals surface area contributed by atoms with Crippen molar-refractivity contribution < 1.29 is 4.79 Å². The van der Waals surface area contributed by atoms with E-state index in [2.05, 4.69) is 29.7 Å². The number of rotatable bonds is 3. The average Bonchev–Trinajstić information content (AvgIpc) is 2.78. The Balaban J connectivity index is 2.09. The molecule has 21 heavy (non-hydrogen) atoms. The summed E-state index contributed by atoms with van der Waals surface area (Å²) in [5.41, 5.74) is 4.55. The van der Waals surface area contributed by atoms with E-state index in [1.807, 2.05) is 24.3 Å². The molecule has 1 unspecified atom stereocenters. The van der Waals surface area contributed by atoms with Gasteiger partial charge in [-0.3, -0.25) is 4.79 Å². The number of azo groups is 2. The van der Waals surface area contributed by atoms with Crippen molar-refractivity contribution in [2.45, 2.75) is 0 Å². The predicted octanol–water partition coefficient (Wildman–Crippen LogP) is 4.53. The van der Waals surface area contributed by atoms with Crippen molar-refractivity contribution in [2.75, 3.05) is 13.3 Å². The van der Waals surface area contributed by atoms with Gasteiger partial charge in [-0.2, -0.15) is 20.5 Å². The van der Waals surface area contributed by atoms with Gasteiger partial charge in [-0.05, 0) is 35.4 Å². The van der Waals surface area contributed by atoms with Crippen LogP contribution in [0.5, 0.6) is 0 Å². The molecule has 0 fully saturated rings. The van der Waals surface area contributed by atoms with Crippen molar-refractivity contribution in [1.29, 1.82) is 0 Å². The summed E-state index contributed by atoms with van der Waals surface area (Å²) in [6.07, 6.45) is 0.538. The maximum atomic E-state index is 12.5. The first-order valence-electron chi connectivity index (χ1n) is 6.45. The molecule has 0 saturated carbocycles. The van der Waals surface area contributed by atoms with E-state index in [0.29, 0.717) is 28.8 Å². The number of carbonyl (C=O) groups excluding carboxylic acids is 1. The number of fused-ring (bicyclic) bond motifs is 3. The van der Waals surface area contributed by atoms with Gasteiger partial charge in [0, 0.05) is 18.2 Å². The fourth-order valence-electron chi connectivity index (χ4n) is 2.42. The van der Waals surface area contributed by atoms with Gasteiger partial charge in [-0.25, -0.2) is 0 Å². The molecular weight excluding hydrogens is 283 g/mol. The minimum absolute atomic E-state index is 0.00363. The Morgan fingerprint density at radius 2 is 1.48 bits per heavy atom. The SMILES string of the molecule is CN=Nc1ccc2c(c1)C(=O)c1cc(N=NCP)ccc1-2. The van der Waals surface area contributed by atoms with E-state index in [1.165, 1.54) is 0 Å². The van der Waals surface area contributed by atoms with Crippen LogP contribution in [0.2, 0.25) is 0 Å². The average molecular weight is 296 g/mol. The lowest BCUT2D eigenvalue weighted by atomic mass is 10.1. The second-order valence-corrected chi connectivity index (χ2v) is 4.88. The van der Waals surface area contributed by atoms with Crippen LogP contribution < -0.4 is 0 Å². The molecule has 2 aromatic rings. The summed E-state index contributed by atoms with van der Waals surface area (Å²) in [4.78, 5) is 12.5. The highest BCUT2D eigenvalue weighted by Gasteiger charge is 2.27. The first-order valence-corrected chi connectivity index (χ1v) is 7.27. The molecule has 0 N–H and O–H groups in total. The first kappa shape index (κ1) is 13.7. The Morgan fingerprint density at radius 3 is 2.00 bits per heavy atom. The third-order valence-corrected chi connectivity index (χ3v) is 3.43. The highest BCUT2D eigenvalue weighted by Crippen LogP contribution is 2.39. The minimum atomic E-state index is -0.00363. The van der Waals surface area contributed by atoms with Crippen LogP contribution in [0.1, 0.15) is 15.9 Å². The Labute approximate surface area is 124 Å². The second kappa shape index (κ2) is 5.62. The van der Waals surface area contributed by atoms with Gasteiger partial charge in [0.05, 0.1) is 17.7 Å². The number of hydrogen-bond donors (Lipinski definition) is 0. The quantitative estimate of drug-likeness (QED) is 0.517. The molecule has 2 aromatic carbocycles. The molecule has 1 atom stereocenters. The largest absolute Gasteiger partial charge is 0.289 e. The van der Waals surface area contributed by atoms with E-state index in [9.17, 15) is 4.79 Å². The number of hydrogen-bond acceptors (Lipinski definition) is 5. The van der Waals surface area contributed by atoms with Gasteiger partial charge in [-0.1, -0.05) is 12.1 Å². The lowest BCUT2D eigenvalue weighted by molar-refractivity contribution is 0.104. The van der Waals surface area contributed by atoms with Gasteiger partial charge in [-0.15, -0.1) is 9.24 Å². The third-order valence-electron chi connectivity index (χ3n) is 3.27. The van der Waals surface area contributed by atoms with Gasteiger partial charge >= 0.3 is 0 Å². The summed E-state index contributed by atoms with van der Waals surface area (Å²) >= 11 is 0. The minimum Gasteiger partial charge on any atom is -0.289 e. The molecule has 0 radical (unpaired) electrons. The van der Waals surface area contributed by atoms with E-state index in [4.69, 9.17) is 0 Å². The Bertz CT molecular complexity index is 783. The summed E-state index contributed by atoms with van der Waals surface area (Å²) in [5.74, 6) is -0.00363. The monoisotopic (exact) mass is 296 g/mol. The summed E-state index contributed by atoms with van der Waals surface area (Å²) in [6, 6.07) is 11.1. The topological polar surface area (TPSA) is 66.5 Å². The predicted molar refractivity (Wildman–Crippen MR) is 84.8 cm³/mol. The van der Waals surface area contributed by atoms with Gasteiger partial charge in [0.15, 0.2) is 5.78 Å². The Morgan fingerprint density at radius 1 is 0.905 bits per heavy atom. The molecule has 1 aliphatic rings. The Kier molecular flexibility index (Phi) is 3.67. The van der Waals surface area contributed by atoms with Crippen LogP contribution >= 0.6 is 9.24 Å². The highest BCUT2D eigenvalue weighted by molar-refractivity contribution is 7.16. The van der Waals surface area contributed by atoms with Crippen LogP contribution in [-0.4, -0.2) is 19.1 Å². The lowest BCUT2D eigenvalue weighted by Crippen LogP contribution is -1.94. The molecule has 0 heterocycles. The fourth-order valence-corrected chi connectivity index (χ4v) is 2.50. The van der Waals surface area contributed by atoms with Crippen LogP contribution in [0.15, 0.2) is 56.9 Å². The maximum absolute atomic E-state index is 12.5. The van der Waals surface area contributed by atoms with Crippen molar-refractivity contribution in [1.82, 2.24) is 0 Å². The van der Waals surface area contributed by atoms with Gasteiger partial charge in [0.25, 0.3) is 0 Å². The molecule has 0 amide bonds. The summed E-state index contributed by atoms with van der Waals surface area (Å²) in [5, 5.41) is 15.7. The normalized spacial score (nSPS) is 13.1. The third kappa shape index (κ3) is 2.41. The highest BCUT2D eigenvalue weighted by atomic mass is 31.0. The van der Waals surface area contributed by atoms with E-state index in [1.54, 1.807) is 19.2 Å². The standard InChI is InChI=1S/C15H13N4OP/c1-16-18-9-2-4-11-12-5-3-10(19-17-8-21)7-14(12)15(20)13(11)6-9/h2-7H,8,21H2,1H3. The Hall–Kier alpha value is -2.26. The zero-order valence-corrected chi connectivity index (χ0v) is 12.6. The van der Waals surface area contributed by atoms with E-state index >= 15 is 0 Å². The number of benzene rings is 2. The van der Waals surface area contributed by atoms with Crippen LogP contribution in [0, 0.1) is 0 Å². The van der Waals surface area contributed by atoms with Crippen LogP contribution in [0.4, 0.5) is 11.4 Å². The van der Waals surface area contributed by atoms with Crippen molar-refractivity contribution in [3.8, 4) is 11.1 Å². The molecule has 0 aliphatic heterocycles. The molecule has 0 aromatic heterocycles. The zero-order chi connectivity index (χ0) is 14.8. The van der Waals surface area contributed by atoms with Crippen LogP contribution in [-0.2, 0) is 0 Å². The zero-order valence-electron chi connectivity index (χ0n) is 11.4. The van der Waals surface area contributed by atoms with Crippen molar-refractivity contribution in [2.24, 2.45) is 20.5 Å². The number of carbonyl (C=O) groups is 1. The van der Waals surface area contributed by atoms with Gasteiger partial charge in [0.1, 0.15) is 0 Å². The van der Waals surface area contributed by atoms with Crippen LogP contribution in [0.25, 0.3) is 11.1 Å².